The van der Waals surface area contributed by atoms with Gasteiger partial charge >= 0.3 is 0 Å². The summed E-state index contributed by atoms with van der Waals surface area (Å²) in [6.07, 6.45) is 1.03. The Bertz CT molecular complexity index is 576. The summed E-state index contributed by atoms with van der Waals surface area (Å²) in [5, 5.41) is 6.18. The van der Waals surface area contributed by atoms with Crippen LogP contribution in [0.4, 0.5) is 5.82 Å². The van der Waals surface area contributed by atoms with Crippen LogP contribution in [-0.4, -0.2) is 45.4 Å². The van der Waals surface area contributed by atoms with Crippen LogP contribution in [0, 0.1) is 0 Å². The maximum atomic E-state index is 6.12. The lowest BCUT2D eigenvalue weighted by Gasteiger charge is -2.20. The van der Waals surface area contributed by atoms with E-state index < -0.39 is 0 Å². The van der Waals surface area contributed by atoms with Gasteiger partial charge in [-0.25, -0.2) is 4.98 Å². The molecule has 0 aliphatic carbocycles. The zero-order valence-corrected chi connectivity index (χ0v) is 13.4. The Balaban J connectivity index is 1.97. The van der Waals surface area contributed by atoms with E-state index in [4.69, 9.17) is 16.3 Å². The van der Waals surface area contributed by atoms with Crippen molar-refractivity contribution in [3.8, 4) is 0 Å². The quantitative estimate of drug-likeness (QED) is 0.601. The Labute approximate surface area is 131 Å². The molecule has 0 atom stereocenters. The average molecular weight is 308 g/mol. The van der Waals surface area contributed by atoms with Crippen LogP contribution < -0.4 is 10.2 Å². The summed E-state index contributed by atoms with van der Waals surface area (Å²) in [6, 6.07) is 10.1. The van der Waals surface area contributed by atoms with E-state index in [-0.39, 0.29) is 0 Å². The van der Waals surface area contributed by atoms with Crippen molar-refractivity contribution in [1.29, 1.82) is 0 Å². The molecular weight excluding hydrogens is 286 g/mol. The molecule has 4 nitrogen and oxygen atoms in total. The fourth-order valence-corrected chi connectivity index (χ4v) is 2.46. The number of fused-ring (bicyclic) bond motifs is 1. The normalized spacial score (nSPS) is 11.0. The molecule has 0 fully saturated rings. The highest BCUT2D eigenvalue weighted by Gasteiger charge is 2.09. The van der Waals surface area contributed by atoms with Crippen molar-refractivity contribution in [3.05, 3.63) is 35.5 Å². The average Bonchev–Trinajstić information content (AvgIpc) is 2.49. The number of benzene rings is 1. The summed E-state index contributed by atoms with van der Waals surface area (Å²) < 4.78 is 5.03. The molecule has 0 bridgehead atoms. The number of hydrogen-bond donors (Lipinski definition) is 1. The van der Waals surface area contributed by atoms with Crippen molar-refractivity contribution in [2.45, 2.75) is 6.42 Å². The van der Waals surface area contributed by atoms with Crippen LogP contribution in [0.15, 0.2) is 30.3 Å². The number of likely N-dealkylation sites (N-methyl/N-ethyl adjacent to an activating group) is 1. The van der Waals surface area contributed by atoms with E-state index in [2.05, 4.69) is 27.3 Å². The Morgan fingerprint density at radius 3 is 2.90 bits per heavy atom. The number of rotatable bonds is 8. The summed E-state index contributed by atoms with van der Waals surface area (Å²) in [6.45, 7) is 3.54. The highest BCUT2D eigenvalue weighted by atomic mass is 35.5. The molecule has 114 valence electrons. The van der Waals surface area contributed by atoms with Gasteiger partial charge in [-0.2, -0.15) is 0 Å². The summed E-state index contributed by atoms with van der Waals surface area (Å²) in [7, 11) is 3.77. The van der Waals surface area contributed by atoms with Crippen molar-refractivity contribution in [3.63, 3.8) is 0 Å². The molecule has 0 radical (unpaired) electrons. The molecule has 1 aromatic carbocycles. The number of hydrogen-bond acceptors (Lipinski definition) is 4. The van der Waals surface area contributed by atoms with Crippen molar-refractivity contribution < 1.29 is 4.74 Å². The first-order valence-electron chi connectivity index (χ1n) is 7.18. The highest BCUT2D eigenvalue weighted by Crippen LogP contribution is 2.26. The Kier molecular flexibility index (Phi) is 6.23. The van der Waals surface area contributed by atoms with Crippen LogP contribution in [0.5, 0.6) is 0 Å². The molecule has 1 aromatic heterocycles. The van der Waals surface area contributed by atoms with Crippen LogP contribution in [-0.2, 0) is 4.74 Å². The van der Waals surface area contributed by atoms with Gasteiger partial charge in [0, 0.05) is 39.2 Å². The molecule has 1 N–H and O–H groups in total. The zero-order valence-electron chi connectivity index (χ0n) is 12.6. The van der Waals surface area contributed by atoms with Gasteiger partial charge in [-0.15, -0.1) is 0 Å². The lowest BCUT2D eigenvalue weighted by Crippen LogP contribution is -2.30. The summed E-state index contributed by atoms with van der Waals surface area (Å²) in [5.74, 6) is 0.928. The van der Waals surface area contributed by atoms with Crippen molar-refractivity contribution >= 4 is 28.2 Å². The van der Waals surface area contributed by atoms with Gasteiger partial charge in [-0.1, -0.05) is 35.9 Å². The summed E-state index contributed by atoms with van der Waals surface area (Å²) in [5.41, 5.74) is 0. The highest BCUT2D eigenvalue weighted by molar-refractivity contribution is 6.30. The van der Waals surface area contributed by atoms with Gasteiger partial charge in [0.25, 0.3) is 0 Å². The first kappa shape index (κ1) is 16.0. The fourth-order valence-electron chi connectivity index (χ4n) is 2.26. The predicted octanol–water partition coefficient (Wildman–Crippen LogP) is 2.95. The van der Waals surface area contributed by atoms with Gasteiger partial charge in [-0.3, -0.25) is 0 Å². The van der Waals surface area contributed by atoms with Gasteiger partial charge in [0.1, 0.15) is 11.0 Å². The SMILES string of the molecule is COCCCNCCN(C)c1nc(Cl)cc2ccccc12. The number of nitrogens with one attached hydrogen (secondary N) is 1. The maximum Gasteiger partial charge on any atom is 0.138 e. The molecule has 0 unspecified atom stereocenters. The van der Waals surface area contributed by atoms with E-state index in [1.54, 1.807) is 7.11 Å². The topological polar surface area (TPSA) is 37.4 Å². The minimum Gasteiger partial charge on any atom is -0.385 e. The molecule has 1 heterocycles. The number of pyridine rings is 1. The van der Waals surface area contributed by atoms with Gasteiger partial charge in [-0.05, 0) is 24.4 Å². The van der Waals surface area contributed by atoms with Crippen LogP contribution in [0.2, 0.25) is 5.15 Å². The van der Waals surface area contributed by atoms with E-state index in [1.165, 1.54) is 0 Å². The van der Waals surface area contributed by atoms with E-state index in [0.29, 0.717) is 5.15 Å². The molecule has 0 amide bonds. The number of aromatic nitrogens is 1. The summed E-state index contributed by atoms with van der Waals surface area (Å²) in [4.78, 5) is 6.61. The number of nitrogens with zero attached hydrogens (tertiary/aromatic N) is 2. The Hall–Kier alpha value is -1.36. The van der Waals surface area contributed by atoms with Crippen molar-refractivity contribution in [1.82, 2.24) is 10.3 Å². The van der Waals surface area contributed by atoms with E-state index >= 15 is 0 Å². The third-order valence-electron chi connectivity index (χ3n) is 3.38. The molecular formula is C16H22ClN3O. The molecule has 0 aliphatic heterocycles. The third-order valence-corrected chi connectivity index (χ3v) is 3.57. The van der Waals surface area contributed by atoms with Crippen LogP contribution in [0.3, 0.4) is 0 Å². The minimum absolute atomic E-state index is 0.531. The Morgan fingerprint density at radius 1 is 1.29 bits per heavy atom. The van der Waals surface area contributed by atoms with Crippen LogP contribution in [0.1, 0.15) is 6.42 Å². The largest absolute Gasteiger partial charge is 0.385 e. The number of halogens is 1. The fraction of sp³-hybridized carbons (Fsp3) is 0.438. The van der Waals surface area contributed by atoms with Gasteiger partial charge < -0.3 is 15.0 Å². The van der Waals surface area contributed by atoms with Crippen molar-refractivity contribution in [2.24, 2.45) is 0 Å². The lowest BCUT2D eigenvalue weighted by atomic mass is 10.1. The second-order valence-electron chi connectivity index (χ2n) is 5.01. The first-order valence-corrected chi connectivity index (χ1v) is 7.56. The maximum absolute atomic E-state index is 6.12. The van der Waals surface area contributed by atoms with Gasteiger partial charge in [0.2, 0.25) is 0 Å². The molecule has 2 rings (SSSR count). The lowest BCUT2D eigenvalue weighted by molar-refractivity contribution is 0.194. The zero-order chi connectivity index (χ0) is 15.1. The van der Waals surface area contributed by atoms with E-state index in [1.807, 2.05) is 25.2 Å². The van der Waals surface area contributed by atoms with E-state index in [0.717, 1.165) is 49.3 Å². The third kappa shape index (κ3) is 4.56. The van der Waals surface area contributed by atoms with Gasteiger partial charge in [0.15, 0.2) is 0 Å². The molecule has 5 heteroatoms. The predicted molar refractivity (Wildman–Crippen MR) is 89.4 cm³/mol. The molecule has 0 saturated carbocycles. The molecule has 21 heavy (non-hydrogen) atoms. The second-order valence-corrected chi connectivity index (χ2v) is 5.39. The Morgan fingerprint density at radius 2 is 2.10 bits per heavy atom. The first-order chi connectivity index (χ1) is 10.2. The molecule has 0 saturated heterocycles. The number of ether oxygens (including phenoxy) is 1. The molecule has 2 aromatic rings. The van der Waals surface area contributed by atoms with Crippen LogP contribution >= 0.6 is 11.6 Å². The van der Waals surface area contributed by atoms with Crippen molar-refractivity contribution in [2.75, 3.05) is 45.3 Å². The number of methoxy groups -OCH3 is 1. The molecule has 0 spiro atoms. The van der Waals surface area contributed by atoms with E-state index in [9.17, 15) is 0 Å². The standard InChI is InChI=1S/C16H22ClN3O/c1-20(10-9-18-8-5-11-21-2)16-14-7-4-3-6-13(14)12-15(17)19-16/h3-4,6-7,12,18H,5,8-11H2,1-2H3. The second kappa shape index (κ2) is 8.17. The monoisotopic (exact) mass is 307 g/mol. The molecule has 0 aliphatic rings. The minimum atomic E-state index is 0.531. The number of anilines is 1. The summed E-state index contributed by atoms with van der Waals surface area (Å²) >= 11 is 6.12. The van der Waals surface area contributed by atoms with Crippen LogP contribution in [0.25, 0.3) is 10.8 Å². The van der Waals surface area contributed by atoms with Gasteiger partial charge in [0.05, 0.1) is 0 Å². The smallest absolute Gasteiger partial charge is 0.138 e.